The first-order valence-corrected chi connectivity index (χ1v) is 6.92. The highest BCUT2D eigenvalue weighted by molar-refractivity contribution is 7.90. The van der Waals surface area contributed by atoms with E-state index in [-0.39, 0.29) is 10.5 Å². The minimum absolute atomic E-state index is 0.0624. The number of hydrogen-bond donors (Lipinski definition) is 1. The third-order valence-electron chi connectivity index (χ3n) is 2.53. The van der Waals surface area contributed by atoms with E-state index in [4.69, 9.17) is 4.42 Å². The molecule has 1 amide bonds. The van der Waals surface area contributed by atoms with Gasteiger partial charge in [0.05, 0.1) is 11.8 Å². The van der Waals surface area contributed by atoms with Crippen LogP contribution in [0.4, 0.5) is 0 Å². The maximum absolute atomic E-state index is 12.0. The van der Waals surface area contributed by atoms with Crippen molar-refractivity contribution in [3.8, 4) is 0 Å². The van der Waals surface area contributed by atoms with E-state index in [9.17, 15) is 13.2 Å². The smallest absolute Gasteiger partial charge is 0.268 e. The Bertz CT molecular complexity index is 702. The summed E-state index contributed by atoms with van der Waals surface area (Å²) < 4.78 is 30.8. The van der Waals surface area contributed by atoms with E-state index < -0.39 is 15.9 Å². The van der Waals surface area contributed by atoms with Gasteiger partial charge in [0.1, 0.15) is 10.7 Å². The molecule has 0 aliphatic rings. The zero-order valence-electron chi connectivity index (χ0n) is 10.4. The van der Waals surface area contributed by atoms with E-state index in [1.165, 1.54) is 24.6 Å². The highest BCUT2D eigenvalue weighted by Gasteiger charge is 2.21. The minimum atomic E-state index is -3.92. The molecule has 0 unspecified atom stereocenters. The number of nitrogens with one attached hydrogen (secondary N) is 1. The van der Waals surface area contributed by atoms with E-state index in [0.717, 1.165) is 0 Å². The third-order valence-corrected chi connectivity index (χ3v) is 3.84. The van der Waals surface area contributed by atoms with Gasteiger partial charge >= 0.3 is 0 Å². The van der Waals surface area contributed by atoms with Crippen molar-refractivity contribution >= 4 is 15.9 Å². The van der Waals surface area contributed by atoms with Crippen LogP contribution in [0.2, 0.25) is 0 Å². The van der Waals surface area contributed by atoms with Crippen LogP contribution in [0.25, 0.3) is 0 Å². The molecule has 7 heteroatoms. The van der Waals surface area contributed by atoms with Crippen molar-refractivity contribution in [2.24, 2.45) is 0 Å². The van der Waals surface area contributed by atoms with Crippen LogP contribution in [-0.2, 0) is 10.0 Å². The van der Waals surface area contributed by atoms with Crippen molar-refractivity contribution in [2.75, 3.05) is 0 Å². The highest BCUT2D eigenvalue weighted by Crippen LogP contribution is 2.12. The quantitative estimate of drug-likeness (QED) is 0.918. The summed E-state index contributed by atoms with van der Waals surface area (Å²) in [4.78, 5) is 15.6. The van der Waals surface area contributed by atoms with E-state index in [1.54, 1.807) is 19.9 Å². The second-order valence-electron chi connectivity index (χ2n) is 3.96. The Kier molecular flexibility index (Phi) is 3.39. The van der Waals surface area contributed by atoms with Gasteiger partial charge in [-0.2, -0.15) is 0 Å². The molecule has 0 aliphatic carbocycles. The van der Waals surface area contributed by atoms with Crippen LogP contribution >= 0.6 is 0 Å². The Morgan fingerprint density at radius 3 is 2.53 bits per heavy atom. The third kappa shape index (κ3) is 2.82. The Labute approximate surface area is 110 Å². The molecule has 0 atom stereocenters. The van der Waals surface area contributed by atoms with Gasteiger partial charge in [0, 0.05) is 11.9 Å². The molecule has 100 valence electrons. The summed E-state index contributed by atoms with van der Waals surface area (Å²) in [5.41, 5.74) is 0.875. The summed E-state index contributed by atoms with van der Waals surface area (Å²) in [6, 6.07) is 4.36. The molecule has 1 N–H and O–H groups in total. The number of furan rings is 1. The largest absolute Gasteiger partial charge is 0.469 e. The number of rotatable bonds is 3. The Hall–Kier alpha value is -2.15. The lowest BCUT2D eigenvalue weighted by molar-refractivity contribution is 0.0980. The standard InChI is InChI=1S/C12H12N2O4S/c1-8-3-4-10(7-13-8)19(16,17)14-12(15)11-5-6-18-9(11)2/h3-7H,1-2H3,(H,14,15). The molecule has 2 rings (SSSR count). The number of amides is 1. The summed E-state index contributed by atoms with van der Waals surface area (Å²) in [5, 5.41) is 0. The molecule has 0 aromatic carbocycles. The number of sulfonamides is 1. The minimum Gasteiger partial charge on any atom is -0.469 e. The van der Waals surface area contributed by atoms with E-state index in [1.807, 2.05) is 4.72 Å². The Morgan fingerprint density at radius 1 is 1.26 bits per heavy atom. The normalized spacial score (nSPS) is 11.3. The van der Waals surface area contributed by atoms with Crippen molar-refractivity contribution < 1.29 is 17.6 Å². The number of carbonyl (C=O) groups excluding carboxylic acids is 1. The summed E-state index contributed by atoms with van der Waals surface area (Å²) >= 11 is 0. The van der Waals surface area contributed by atoms with Crippen molar-refractivity contribution in [1.82, 2.24) is 9.71 Å². The van der Waals surface area contributed by atoms with Crippen molar-refractivity contribution in [2.45, 2.75) is 18.7 Å². The number of carbonyl (C=O) groups is 1. The average molecular weight is 280 g/mol. The molecule has 0 saturated carbocycles. The van der Waals surface area contributed by atoms with E-state index in [2.05, 4.69) is 4.98 Å². The van der Waals surface area contributed by atoms with E-state index in [0.29, 0.717) is 11.5 Å². The summed E-state index contributed by atoms with van der Waals surface area (Å²) in [7, 11) is -3.92. The topological polar surface area (TPSA) is 89.3 Å². The molecule has 2 aromatic rings. The van der Waals surface area contributed by atoms with Crippen LogP contribution in [0.1, 0.15) is 21.8 Å². The Balaban J connectivity index is 2.25. The number of pyridine rings is 1. The van der Waals surface area contributed by atoms with Gasteiger partial charge in [0.25, 0.3) is 15.9 Å². The summed E-state index contributed by atoms with van der Waals surface area (Å²) in [6.45, 7) is 3.32. The molecule has 2 heterocycles. The van der Waals surface area contributed by atoms with Crippen LogP contribution in [0.3, 0.4) is 0 Å². The lowest BCUT2D eigenvalue weighted by atomic mass is 10.2. The van der Waals surface area contributed by atoms with E-state index >= 15 is 0 Å². The maximum Gasteiger partial charge on any atom is 0.268 e. The van der Waals surface area contributed by atoms with Gasteiger partial charge in [-0.3, -0.25) is 9.78 Å². The Morgan fingerprint density at radius 2 is 2.00 bits per heavy atom. The first kappa shape index (κ1) is 13.3. The van der Waals surface area contributed by atoms with Gasteiger partial charge in [-0.15, -0.1) is 0 Å². The predicted octanol–water partition coefficient (Wildman–Crippen LogP) is 1.41. The molecule has 19 heavy (non-hydrogen) atoms. The number of aryl methyl sites for hydroxylation is 2. The van der Waals surface area contributed by atoms with Crippen LogP contribution in [0.5, 0.6) is 0 Å². The molecule has 0 bridgehead atoms. The molecule has 6 nitrogen and oxygen atoms in total. The molecule has 0 aliphatic heterocycles. The van der Waals surface area contributed by atoms with Crippen molar-refractivity contribution in [3.05, 3.63) is 47.7 Å². The molecule has 2 aromatic heterocycles. The number of aromatic nitrogens is 1. The lowest BCUT2D eigenvalue weighted by Crippen LogP contribution is -2.30. The van der Waals surface area contributed by atoms with Crippen LogP contribution in [-0.4, -0.2) is 19.3 Å². The molecule has 0 radical (unpaired) electrons. The van der Waals surface area contributed by atoms with Crippen LogP contribution in [0.15, 0.2) is 40.0 Å². The number of nitrogens with zero attached hydrogens (tertiary/aromatic N) is 1. The molecule has 0 fully saturated rings. The molecular formula is C12H12N2O4S. The fourth-order valence-electron chi connectivity index (χ4n) is 1.47. The highest BCUT2D eigenvalue weighted by atomic mass is 32.2. The SMILES string of the molecule is Cc1ccc(S(=O)(=O)NC(=O)c2ccoc2C)cn1. The summed E-state index contributed by atoms with van der Waals surface area (Å²) in [5.74, 6) is -0.374. The lowest BCUT2D eigenvalue weighted by Gasteiger charge is -2.06. The maximum atomic E-state index is 12.0. The summed E-state index contributed by atoms with van der Waals surface area (Å²) in [6.07, 6.45) is 2.53. The van der Waals surface area contributed by atoms with Gasteiger partial charge in [-0.05, 0) is 32.0 Å². The number of hydrogen-bond acceptors (Lipinski definition) is 5. The molecule has 0 saturated heterocycles. The average Bonchev–Trinajstić information content (AvgIpc) is 2.75. The van der Waals surface area contributed by atoms with Crippen molar-refractivity contribution in [1.29, 1.82) is 0 Å². The van der Waals surface area contributed by atoms with Gasteiger partial charge in [-0.1, -0.05) is 0 Å². The van der Waals surface area contributed by atoms with Gasteiger partial charge in [0.15, 0.2) is 0 Å². The fourth-order valence-corrected chi connectivity index (χ4v) is 2.38. The van der Waals surface area contributed by atoms with Gasteiger partial charge in [-0.25, -0.2) is 13.1 Å². The second-order valence-corrected chi connectivity index (χ2v) is 5.64. The zero-order valence-corrected chi connectivity index (χ0v) is 11.2. The van der Waals surface area contributed by atoms with Gasteiger partial charge in [0.2, 0.25) is 0 Å². The van der Waals surface area contributed by atoms with Gasteiger partial charge < -0.3 is 4.42 Å². The first-order chi connectivity index (χ1) is 8.90. The molecule has 0 spiro atoms. The predicted molar refractivity (Wildman–Crippen MR) is 67.1 cm³/mol. The van der Waals surface area contributed by atoms with Crippen LogP contribution in [0, 0.1) is 13.8 Å². The fraction of sp³-hybridized carbons (Fsp3) is 0.167. The zero-order chi connectivity index (χ0) is 14.0. The molecular weight excluding hydrogens is 268 g/mol. The van der Waals surface area contributed by atoms with Crippen LogP contribution < -0.4 is 4.72 Å². The monoisotopic (exact) mass is 280 g/mol. The second kappa shape index (κ2) is 4.85. The van der Waals surface area contributed by atoms with Crippen molar-refractivity contribution in [3.63, 3.8) is 0 Å². The first-order valence-electron chi connectivity index (χ1n) is 5.44.